The third-order valence-electron chi connectivity index (χ3n) is 5.88. The van der Waals surface area contributed by atoms with E-state index in [1.165, 1.54) is 63.6 Å². The van der Waals surface area contributed by atoms with Crippen LogP contribution in [-0.2, 0) is 45.8 Å². The van der Waals surface area contributed by atoms with Crippen molar-refractivity contribution in [2.45, 2.75) is 57.0 Å². The van der Waals surface area contributed by atoms with Crippen molar-refractivity contribution in [3.05, 3.63) is 50.2 Å². The molecule has 2 aliphatic rings. The second-order valence-electron chi connectivity index (χ2n) is 7.24. The Hall–Kier alpha value is -1.16. The number of rotatable bonds is 7. The van der Waals surface area contributed by atoms with Gasteiger partial charge >= 0.3 is 0 Å². The van der Waals surface area contributed by atoms with Crippen LogP contribution < -0.4 is 0 Å². The first-order valence-corrected chi connectivity index (χ1v) is 10.3. The van der Waals surface area contributed by atoms with Gasteiger partial charge in [0.05, 0.1) is 5.60 Å². The molecule has 2 fully saturated rings. The van der Waals surface area contributed by atoms with Crippen LogP contribution in [0.5, 0.6) is 0 Å². The first-order chi connectivity index (χ1) is 14.3. The minimum Gasteiger partial charge on any atom is -0.545 e. The van der Waals surface area contributed by atoms with E-state index < -0.39 is 0 Å². The van der Waals surface area contributed by atoms with Crippen LogP contribution in [-0.4, -0.2) is 51.5 Å². The summed E-state index contributed by atoms with van der Waals surface area (Å²) in [6, 6.07) is 11.0. The van der Waals surface area contributed by atoms with Crippen molar-refractivity contribution < 1.29 is 40.2 Å². The molecule has 0 N–H and O–H groups in total. The van der Waals surface area contributed by atoms with Gasteiger partial charge in [-0.1, -0.05) is 56.2 Å². The summed E-state index contributed by atoms with van der Waals surface area (Å²) in [6.07, 6.45) is 10.5. The third kappa shape index (κ3) is 10.8. The number of hydrogen-bond donors (Lipinski definition) is 0. The molecule has 6 heteroatoms. The van der Waals surface area contributed by atoms with E-state index in [1.807, 2.05) is 0 Å². The molecule has 1 saturated heterocycles. The van der Waals surface area contributed by atoms with E-state index in [0.717, 1.165) is 13.0 Å². The molecule has 0 radical (unpaired) electrons. The molecule has 1 aliphatic carbocycles. The van der Waals surface area contributed by atoms with E-state index in [9.17, 15) is 0 Å². The van der Waals surface area contributed by atoms with Gasteiger partial charge in [-0.15, -0.1) is 0 Å². The fourth-order valence-corrected chi connectivity index (χ4v) is 4.66. The van der Waals surface area contributed by atoms with Crippen molar-refractivity contribution in [2.75, 3.05) is 26.2 Å². The number of ether oxygens (including phenoxy) is 1. The molecule has 0 amide bonds. The van der Waals surface area contributed by atoms with Crippen molar-refractivity contribution in [3.63, 3.8) is 0 Å². The first kappa shape index (κ1) is 34.5. The molecule has 1 saturated carbocycles. The third-order valence-corrected chi connectivity index (χ3v) is 5.88. The van der Waals surface area contributed by atoms with Crippen molar-refractivity contribution in [2.24, 2.45) is 5.92 Å². The van der Waals surface area contributed by atoms with Crippen LogP contribution in [0, 0.1) is 20.3 Å². The standard InChI is InChI=1S/C21H32NO.3CHO.CH3.Mo/c1-2-23-21(19-11-5-3-6-12-19,20-13-7-4-8-14-20)15-18-22-16-9-10-17-22;3*1-2;;/h3,5-6,11-12,20H,1-2,4,7-10,13-18H2;3*1H;1H3;/q5*-1;. The Morgan fingerprint density at radius 3 is 1.90 bits per heavy atom. The van der Waals surface area contributed by atoms with Gasteiger partial charge in [-0.25, -0.2) is 0 Å². The van der Waals surface area contributed by atoms with Crippen LogP contribution in [0.25, 0.3) is 0 Å². The fraction of sp³-hybridized carbons (Fsp3) is 0.560. The van der Waals surface area contributed by atoms with E-state index in [2.05, 4.69) is 62.5 Å². The van der Waals surface area contributed by atoms with Crippen LogP contribution in [0.1, 0.15) is 56.9 Å². The summed E-state index contributed by atoms with van der Waals surface area (Å²) >= 11 is 0. The van der Waals surface area contributed by atoms with Crippen LogP contribution in [0.3, 0.4) is 0 Å². The molecule has 1 heterocycles. The summed E-state index contributed by atoms with van der Waals surface area (Å²) in [5.74, 6) is 0.642. The Balaban J connectivity index is -0.000000904. The predicted octanol–water partition coefficient (Wildman–Crippen LogP) is 4.42. The van der Waals surface area contributed by atoms with Crippen LogP contribution in [0.4, 0.5) is 0 Å². The number of hydrogen-bond acceptors (Lipinski definition) is 5. The maximum atomic E-state index is 7.75. The van der Waals surface area contributed by atoms with E-state index in [1.54, 1.807) is 0 Å². The summed E-state index contributed by atoms with van der Waals surface area (Å²) < 4.78 is 6.48. The zero-order valence-electron chi connectivity index (χ0n) is 18.9. The first-order valence-electron chi connectivity index (χ1n) is 10.3. The number of benzene rings is 1. The largest absolute Gasteiger partial charge is 0.545 e. The van der Waals surface area contributed by atoms with Gasteiger partial charge in [0.1, 0.15) is 0 Å². The van der Waals surface area contributed by atoms with Gasteiger partial charge < -0.3 is 38.4 Å². The molecule has 3 rings (SSSR count). The molecular formula is C25H38MoNO4-5. The Labute approximate surface area is 204 Å². The zero-order valence-corrected chi connectivity index (χ0v) is 20.9. The van der Waals surface area contributed by atoms with Crippen molar-refractivity contribution in [3.8, 4) is 0 Å². The Morgan fingerprint density at radius 2 is 1.42 bits per heavy atom. The molecule has 31 heavy (non-hydrogen) atoms. The van der Waals surface area contributed by atoms with E-state index >= 15 is 0 Å². The average Bonchev–Trinajstić information content (AvgIpc) is 3.36. The van der Waals surface area contributed by atoms with E-state index in [-0.39, 0.29) is 34.1 Å². The summed E-state index contributed by atoms with van der Waals surface area (Å²) in [5, 5.41) is 0. The molecule has 1 unspecified atom stereocenters. The van der Waals surface area contributed by atoms with Crippen LogP contribution >= 0.6 is 0 Å². The molecule has 178 valence electrons. The molecule has 1 atom stereocenters. The topological polar surface area (TPSA) is 63.7 Å². The Bertz CT molecular complexity index is 503. The molecule has 5 nitrogen and oxygen atoms in total. The SMILES string of the molecule is [CH-]=O.[CH-]=O.[CH-]=O.[CH2-]COC(CCN1CCCC1)(c1ccccc1)C1CCCCC1.[CH3-].[Mo]. The summed E-state index contributed by atoms with van der Waals surface area (Å²) in [6.45, 7) is 18.0. The number of carbonyl (C=O) groups excluding carboxylic acids is 3. The van der Waals surface area contributed by atoms with Gasteiger partial charge in [0.25, 0.3) is 0 Å². The maximum absolute atomic E-state index is 7.75. The minimum absolute atomic E-state index is 0. The van der Waals surface area contributed by atoms with Crippen LogP contribution in [0.2, 0.25) is 0 Å². The number of likely N-dealkylation sites (tertiary alicyclic amines) is 1. The molecular weight excluding hydrogens is 474 g/mol. The second-order valence-corrected chi connectivity index (χ2v) is 7.24. The zero-order chi connectivity index (χ0) is 22.0. The van der Waals surface area contributed by atoms with Crippen LogP contribution in [0.15, 0.2) is 30.3 Å². The molecule has 1 aromatic rings. The molecule has 1 aliphatic heterocycles. The van der Waals surface area contributed by atoms with Gasteiger partial charge in [0.2, 0.25) is 0 Å². The van der Waals surface area contributed by atoms with Crippen molar-refractivity contribution >= 4 is 20.4 Å². The monoisotopic (exact) mass is 514 g/mol. The molecule has 0 spiro atoms. The van der Waals surface area contributed by atoms with E-state index in [0.29, 0.717) is 12.5 Å². The summed E-state index contributed by atoms with van der Waals surface area (Å²) in [5.41, 5.74) is 1.24. The fourth-order valence-electron chi connectivity index (χ4n) is 4.66. The van der Waals surface area contributed by atoms with Gasteiger partial charge in [-0.2, -0.15) is 0 Å². The van der Waals surface area contributed by atoms with Gasteiger partial charge in [0, 0.05) is 27.6 Å². The molecule has 1 aromatic carbocycles. The summed E-state index contributed by atoms with van der Waals surface area (Å²) in [4.78, 5) is 25.9. The van der Waals surface area contributed by atoms with E-state index in [4.69, 9.17) is 19.1 Å². The van der Waals surface area contributed by atoms with Gasteiger partial charge in [-0.3, -0.25) is 20.4 Å². The normalized spacial score (nSPS) is 17.5. The van der Waals surface area contributed by atoms with Crippen molar-refractivity contribution in [1.82, 2.24) is 4.90 Å². The molecule has 0 bridgehead atoms. The minimum atomic E-state index is -0.133. The molecule has 0 aromatic heterocycles. The average molecular weight is 513 g/mol. The summed E-state index contributed by atoms with van der Waals surface area (Å²) in [7, 11) is 0. The maximum Gasteiger partial charge on any atom is 0.0935 e. The van der Waals surface area contributed by atoms with Gasteiger partial charge in [0.15, 0.2) is 0 Å². The van der Waals surface area contributed by atoms with Gasteiger partial charge in [-0.05, 0) is 56.7 Å². The second kappa shape index (κ2) is 22.0. The van der Waals surface area contributed by atoms with Crippen molar-refractivity contribution in [1.29, 1.82) is 0 Å². The quantitative estimate of drug-likeness (QED) is 0.308. The predicted molar refractivity (Wildman–Crippen MR) is 123 cm³/mol. The number of nitrogens with zero attached hydrogens (tertiary/aromatic N) is 1. The smallest absolute Gasteiger partial charge is 0.0935 e. The Morgan fingerprint density at radius 1 is 0.903 bits per heavy atom. The Kier molecular flexibility index (Phi) is 24.5.